The number of thiazole rings is 1. The second kappa shape index (κ2) is 5.27. The van der Waals surface area contributed by atoms with Gasteiger partial charge in [-0.05, 0) is 45.7 Å². The molecule has 0 bridgehead atoms. The fraction of sp³-hybridized carbons (Fsp3) is 0.786. The normalized spacial score (nSPS) is 34.0. The molecule has 1 saturated carbocycles. The smallest absolute Gasteiger partial charge is 0.0972 e. The molecular weight excluding hydrogens is 242 g/mol. The summed E-state index contributed by atoms with van der Waals surface area (Å²) in [7, 11) is 2.21. The van der Waals surface area contributed by atoms with E-state index in [1.54, 1.807) is 0 Å². The first-order chi connectivity index (χ1) is 8.72. The van der Waals surface area contributed by atoms with Crippen LogP contribution >= 0.6 is 11.3 Å². The number of hydrogen-bond donors (Lipinski definition) is 1. The molecule has 1 aromatic rings. The van der Waals surface area contributed by atoms with Crippen molar-refractivity contribution in [3.8, 4) is 0 Å². The second-order valence-electron chi connectivity index (χ2n) is 5.97. The van der Waals surface area contributed by atoms with Gasteiger partial charge >= 0.3 is 0 Å². The van der Waals surface area contributed by atoms with Crippen molar-refractivity contribution in [2.45, 2.75) is 50.0 Å². The largest absolute Gasteiger partial charge is 0.328 e. The molecule has 100 valence electrons. The van der Waals surface area contributed by atoms with E-state index in [2.05, 4.69) is 17.3 Å². The first kappa shape index (κ1) is 12.6. The van der Waals surface area contributed by atoms with Crippen LogP contribution in [0.15, 0.2) is 5.38 Å². The molecule has 1 aliphatic heterocycles. The summed E-state index contributed by atoms with van der Waals surface area (Å²) in [4.78, 5) is 7.33. The lowest BCUT2D eigenvalue weighted by Crippen LogP contribution is -2.25. The molecule has 2 fully saturated rings. The molecule has 0 aromatic carbocycles. The third-order valence-corrected chi connectivity index (χ3v) is 5.50. The lowest BCUT2D eigenvalue weighted by Gasteiger charge is -2.24. The molecule has 1 atom stereocenters. The van der Waals surface area contributed by atoms with Gasteiger partial charge in [0.15, 0.2) is 0 Å². The maximum absolute atomic E-state index is 5.97. The maximum atomic E-state index is 5.97. The van der Waals surface area contributed by atoms with E-state index in [0.717, 1.165) is 0 Å². The Bertz CT molecular complexity index is 395. The fourth-order valence-electron chi connectivity index (χ4n) is 3.23. The molecule has 1 aromatic heterocycles. The molecule has 2 heterocycles. The Morgan fingerprint density at radius 2 is 2.00 bits per heavy atom. The lowest BCUT2D eigenvalue weighted by atomic mass is 9.85. The topological polar surface area (TPSA) is 42.2 Å². The molecule has 0 spiro atoms. The first-order valence-electron chi connectivity index (χ1n) is 7.12. The average molecular weight is 265 g/mol. The number of rotatable bonds is 2. The van der Waals surface area contributed by atoms with Crippen molar-refractivity contribution in [1.82, 2.24) is 9.88 Å². The minimum Gasteiger partial charge on any atom is -0.328 e. The Labute approximate surface area is 113 Å². The molecule has 4 heteroatoms. The molecule has 0 amide bonds. The molecule has 3 rings (SSSR count). The van der Waals surface area contributed by atoms with Crippen LogP contribution in [0.2, 0.25) is 0 Å². The van der Waals surface area contributed by atoms with Crippen molar-refractivity contribution in [3.05, 3.63) is 16.1 Å². The number of aromatic nitrogens is 1. The molecule has 2 aliphatic rings. The zero-order valence-corrected chi connectivity index (χ0v) is 12.0. The van der Waals surface area contributed by atoms with Crippen molar-refractivity contribution in [3.63, 3.8) is 0 Å². The van der Waals surface area contributed by atoms with Crippen molar-refractivity contribution < 1.29 is 0 Å². The molecule has 18 heavy (non-hydrogen) atoms. The summed E-state index contributed by atoms with van der Waals surface area (Å²) in [6.45, 7) is 2.40. The Kier molecular flexibility index (Phi) is 3.68. The Balaban J connectivity index is 1.66. The highest BCUT2D eigenvalue weighted by molar-refractivity contribution is 7.09. The predicted molar refractivity (Wildman–Crippen MR) is 76.2 cm³/mol. The molecule has 3 nitrogen and oxygen atoms in total. The number of likely N-dealkylation sites (tertiary alicyclic amines) is 1. The van der Waals surface area contributed by atoms with Crippen LogP contribution < -0.4 is 5.73 Å². The molecule has 1 saturated heterocycles. The van der Waals surface area contributed by atoms with Gasteiger partial charge in [-0.3, -0.25) is 0 Å². The Hall–Kier alpha value is -0.450. The monoisotopic (exact) mass is 265 g/mol. The van der Waals surface area contributed by atoms with Crippen LogP contribution in [0.5, 0.6) is 0 Å². The summed E-state index contributed by atoms with van der Waals surface area (Å²) < 4.78 is 0. The summed E-state index contributed by atoms with van der Waals surface area (Å²) in [5, 5.41) is 3.67. The van der Waals surface area contributed by atoms with Crippen molar-refractivity contribution in [2.24, 2.45) is 5.73 Å². The fourth-order valence-corrected chi connectivity index (χ4v) is 4.26. The molecular formula is C14H23N3S. The van der Waals surface area contributed by atoms with E-state index < -0.39 is 0 Å². The van der Waals surface area contributed by atoms with Crippen LogP contribution in [0.25, 0.3) is 0 Å². The standard InChI is InChI=1S/C14H23N3S/c1-17-7-6-11(8-17)14-16-13(9-18-14)10-2-4-12(15)5-3-10/h9-12H,2-8,15H2,1H3. The zero-order chi connectivity index (χ0) is 12.5. The minimum atomic E-state index is 0.433. The summed E-state index contributed by atoms with van der Waals surface area (Å²) in [5.41, 5.74) is 7.32. The zero-order valence-electron chi connectivity index (χ0n) is 11.1. The number of nitrogens with two attached hydrogens (primary N) is 1. The van der Waals surface area contributed by atoms with E-state index in [0.29, 0.717) is 17.9 Å². The number of likely N-dealkylation sites (N-methyl/N-ethyl adjacent to an activating group) is 1. The SMILES string of the molecule is CN1CCC(c2nc(C3CCC(N)CC3)cs2)C1. The summed E-state index contributed by atoms with van der Waals surface area (Å²) in [5.74, 6) is 1.36. The molecule has 1 unspecified atom stereocenters. The summed E-state index contributed by atoms with van der Waals surface area (Å²) in [6, 6.07) is 0.433. The van der Waals surface area contributed by atoms with Crippen LogP contribution in [0, 0.1) is 0 Å². The summed E-state index contributed by atoms with van der Waals surface area (Å²) in [6.07, 6.45) is 6.08. The van der Waals surface area contributed by atoms with Crippen molar-refractivity contribution >= 4 is 11.3 Å². The van der Waals surface area contributed by atoms with Gasteiger partial charge in [-0.1, -0.05) is 0 Å². The first-order valence-corrected chi connectivity index (χ1v) is 8.00. The average Bonchev–Trinajstić information content (AvgIpc) is 2.98. The van der Waals surface area contributed by atoms with E-state index in [9.17, 15) is 0 Å². The van der Waals surface area contributed by atoms with Gasteiger partial charge in [-0.15, -0.1) is 11.3 Å². The Morgan fingerprint density at radius 3 is 2.67 bits per heavy atom. The van der Waals surface area contributed by atoms with E-state index >= 15 is 0 Å². The maximum Gasteiger partial charge on any atom is 0.0972 e. The van der Waals surface area contributed by atoms with Gasteiger partial charge in [0, 0.05) is 29.8 Å². The summed E-state index contributed by atoms with van der Waals surface area (Å²) >= 11 is 1.87. The van der Waals surface area contributed by atoms with Gasteiger partial charge in [0.1, 0.15) is 0 Å². The van der Waals surface area contributed by atoms with Crippen LogP contribution in [0.4, 0.5) is 0 Å². The highest BCUT2D eigenvalue weighted by Crippen LogP contribution is 2.35. The highest BCUT2D eigenvalue weighted by Gasteiger charge is 2.26. The van der Waals surface area contributed by atoms with E-state index in [-0.39, 0.29) is 0 Å². The second-order valence-corrected chi connectivity index (χ2v) is 6.86. The van der Waals surface area contributed by atoms with Crippen LogP contribution in [-0.2, 0) is 0 Å². The van der Waals surface area contributed by atoms with Crippen LogP contribution in [0.3, 0.4) is 0 Å². The predicted octanol–water partition coefficient (Wildman–Crippen LogP) is 2.55. The molecule has 0 radical (unpaired) electrons. The van der Waals surface area contributed by atoms with Crippen molar-refractivity contribution in [1.29, 1.82) is 0 Å². The molecule has 1 aliphatic carbocycles. The van der Waals surface area contributed by atoms with Gasteiger partial charge in [0.2, 0.25) is 0 Å². The van der Waals surface area contributed by atoms with Crippen molar-refractivity contribution in [2.75, 3.05) is 20.1 Å². The number of nitrogens with zero attached hydrogens (tertiary/aromatic N) is 2. The Morgan fingerprint density at radius 1 is 1.22 bits per heavy atom. The minimum absolute atomic E-state index is 0.433. The van der Waals surface area contributed by atoms with Gasteiger partial charge in [-0.25, -0.2) is 4.98 Å². The van der Waals surface area contributed by atoms with Gasteiger partial charge < -0.3 is 10.6 Å². The van der Waals surface area contributed by atoms with Gasteiger partial charge in [0.25, 0.3) is 0 Å². The van der Waals surface area contributed by atoms with Crippen LogP contribution in [-0.4, -0.2) is 36.1 Å². The molecule has 2 N–H and O–H groups in total. The van der Waals surface area contributed by atoms with E-state index in [1.807, 2.05) is 11.3 Å². The highest BCUT2D eigenvalue weighted by atomic mass is 32.1. The lowest BCUT2D eigenvalue weighted by molar-refractivity contribution is 0.390. The number of hydrogen-bond acceptors (Lipinski definition) is 4. The third kappa shape index (κ3) is 2.60. The van der Waals surface area contributed by atoms with Crippen LogP contribution in [0.1, 0.15) is 54.6 Å². The van der Waals surface area contributed by atoms with Gasteiger partial charge in [-0.2, -0.15) is 0 Å². The van der Waals surface area contributed by atoms with E-state index in [4.69, 9.17) is 10.7 Å². The van der Waals surface area contributed by atoms with Gasteiger partial charge in [0.05, 0.1) is 10.7 Å². The van der Waals surface area contributed by atoms with E-state index in [1.165, 1.54) is 55.9 Å². The quantitative estimate of drug-likeness (QED) is 0.893. The third-order valence-electron chi connectivity index (χ3n) is 4.47.